The van der Waals surface area contributed by atoms with E-state index in [-0.39, 0.29) is 17.4 Å². The first-order valence-corrected chi connectivity index (χ1v) is 9.01. The van der Waals surface area contributed by atoms with Crippen molar-refractivity contribution in [1.29, 1.82) is 0 Å². The van der Waals surface area contributed by atoms with Gasteiger partial charge in [-0.1, -0.05) is 18.2 Å². The van der Waals surface area contributed by atoms with Crippen molar-refractivity contribution in [1.82, 2.24) is 15.1 Å². The number of rotatable bonds is 3. The number of nitrogens with zero attached hydrogens (tertiary/aromatic N) is 3. The molecule has 2 aromatic heterocycles. The summed E-state index contributed by atoms with van der Waals surface area (Å²) < 4.78 is 19.7. The van der Waals surface area contributed by atoms with Crippen LogP contribution >= 0.6 is 11.3 Å². The minimum atomic E-state index is -0.493. The van der Waals surface area contributed by atoms with Crippen molar-refractivity contribution < 1.29 is 13.6 Å². The molecular weight excluding hydrogens is 341 g/mol. The van der Waals surface area contributed by atoms with E-state index < -0.39 is 5.82 Å². The standard InChI is InChI=1S/C18H16FN3O2S/c19-14-7-2-1-6-13(14)18(23)22-9-3-5-12(11-22)16-20-21-17(24-16)15-8-4-10-25-15/h1-2,4,6-8,10,12H,3,5,9,11H2/t12-/m0/s1. The van der Waals surface area contributed by atoms with Crippen LogP contribution < -0.4 is 0 Å². The molecule has 5 nitrogen and oxygen atoms in total. The van der Waals surface area contributed by atoms with Crippen molar-refractivity contribution >= 4 is 17.2 Å². The molecule has 1 saturated heterocycles. The lowest BCUT2D eigenvalue weighted by Gasteiger charge is -2.31. The first-order valence-electron chi connectivity index (χ1n) is 8.13. The van der Waals surface area contributed by atoms with E-state index in [0.717, 1.165) is 17.7 Å². The maximum atomic E-state index is 13.9. The number of carbonyl (C=O) groups is 1. The molecule has 3 heterocycles. The molecule has 1 aliphatic heterocycles. The monoisotopic (exact) mass is 357 g/mol. The number of likely N-dealkylation sites (tertiary alicyclic amines) is 1. The second-order valence-electron chi connectivity index (χ2n) is 5.99. The molecule has 1 aliphatic rings. The third-order valence-corrected chi connectivity index (χ3v) is 5.19. The van der Waals surface area contributed by atoms with E-state index in [4.69, 9.17) is 4.42 Å². The second kappa shape index (κ2) is 6.76. The van der Waals surface area contributed by atoms with Gasteiger partial charge < -0.3 is 9.32 Å². The van der Waals surface area contributed by atoms with Crippen LogP contribution in [0.4, 0.5) is 4.39 Å². The molecule has 0 saturated carbocycles. The Hall–Kier alpha value is -2.54. The summed E-state index contributed by atoms with van der Waals surface area (Å²) in [4.78, 5) is 15.2. The summed E-state index contributed by atoms with van der Waals surface area (Å²) >= 11 is 1.54. The predicted octanol–water partition coefficient (Wildman–Crippen LogP) is 3.96. The number of halogens is 1. The number of benzene rings is 1. The molecule has 1 atom stereocenters. The molecule has 0 spiro atoms. The van der Waals surface area contributed by atoms with Crippen LogP contribution in [0.3, 0.4) is 0 Å². The van der Waals surface area contributed by atoms with Gasteiger partial charge in [-0.3, -0.25) is 4.79 Å². The molecule has 128 valence electrons. The number of thiophene rings is 1. The summed E-state index contributed by atoms with van der Waals surface area (Å²) in [5.41, 5.74) is 0.105. The lowest BCUT2D eigenvalue weighted by molar-refractivity contribution is 0.0693. The van der Waals surface area contributed by atoms with Crippen LogP contribution in [-0.2, 0) is 0 Å². The molecule has 0 aliphatic carbocycles. The largest absolute Gasteiger partial charge is 0.420 e. The van der Waals surface area contributed by atoms with Crippen LogP contribution in [0.1, 0.15) is 35.0 Å². The Bertz CT molecular complexity index is 878. The minimum Gasteiger partial charge on any atom is -0.420 e. The Balaban J connectivity index is 1.51. The first kappa shape index (κ1) is 16.0. The Labute approximate surface area is 148 Å². The summed E-state index contributed by atoms with van der Waals surface area (Å²) in [6, 6.07) is 9.93. The van der Waals surface area contributed by atoms with Crippen LogP contribution in [0.2, 0.25) is 0 Å². The lowest BCUT2D eigenvalue weighted by Crippen LogP contribution is -2.39. The van der Waals surface area contributed by atoms with Crippen molar-refractivity contribution in [3.63, 3.8) is 0 Å². The molecule has 1 aromatic carbocycles. The topological polar surface area (TPSA) is 59.2 Å². The van der Waals surface area contributed by atoms with Crippen LogP contribution in [-0.4, -0.2) is 34.1 Å². The van der Waals surface area contributed by atoms with Crippen molar-refractivity contribution in [2.45, 2.75) is 18.8 Å². The van der Waals surface area contributed by atoms with Gasteiger partial charge in [-0.15, -0.1) is 21.5 Å². The van der Waals surface area contributed by atoms with E-state index in [1.807, 2.05) is 17.5 Å². The van der Waals surface area contributed by atoms with E-state index in [0.29, 0.717) is 24.9 Å². The normalized spacial score (nSPS) is 17.6. The van der Waals surface area contributed by atoms with E-state index in [9.17, 15) is 9.18 Å². The zero-order chi connectivity index (χ0) is 17.2. The fraction of sp³-hybridized carbons (Fsp3) is 0.278. The zero-order valence-electron chi connectivity index (χ0n) is 13.4. The summed E-state index contributed by atoms with van der Waals surface area (Å²) in [7, 11) is 0. The fourth-order valence-electron chi connectivity index (χ4n) is 3.07. The smallest absolute Gasteiger partial charge is 0.257 e. The van der Waals surface area contributed by atoms with Gasteiger partial charge in [0.1, 0.15) is 5.82 Å². The van der Waals surface area contributed by atoms with Crippen LogP contribution in [0.5, 0.6) is 0 Å². The highest BCUT2D eigenvalue weighted by Gasteiger charge is 2.30. The van der Waals surface area contributed by atoms with Gasteiger partial charge in [0.05, 0.1) is 16.4 Å². The highest BCUT2D eigenvalue weighted by atomic mass is 32.1. The van der Waals surface area contributed by atoms with Gasteiger partial charge in [0, 0.05) is 13.1 Å². The van der Waals surface area contributed by atoms with Crippen LogP contribution in [0.15, 0.2) is 46.2 Å². The van der Waals surface area contributed by atoms with Crippen LogP contribution in [0, 0.1) is 5.82 Å². The quantitative estimate of drug-likeness (QED) is 0.712. The third kappa shape index (κ3) is 3.19. The molecule has 0 N–H and O–H groups in total. The summed E-state index contributed by atoms with van der Waals surface area (Å²) in [5.74, 6) is 0.232. The number of amides is 1. The highest BCUT2D eigenvalue weighted by Crippen LogP contribution is 2.30. The minimum absolute atomic E-state index is 0.0225. The van der Waals surface area contributed by atoms with E-state index in [1.54, 1.807) is 17.0 Å². The van der Waals surface area contributed by atoms with Gasteiger partial charge in [0.25, 0.3) is 11.8 Å². The average Bonchev–Trinajstić information content (AvgIpc) is 3.33. The number of piperidine rings is 1. The molecule has 4 rings (SSSR count). The summed E-state index contributed by atoms with van der Waals surface area (Å²) in [6.07, 6.45) is 1.69. The molecule has 1 amide bonds. The van der Waals surface area contributed by atoms with Gasteiger partial charge in [0.2, 0.25) is 5.89 Å². The van der Waals surface area contributed by atoms with Gasteiger partial charge in [-0.05, 0) is 36.4 Å². The van der Waals surface area contributed by atoms with Crippen molar-refractivity contribution in [2.75, 3.05) is 13.1 Å². The number of carbonyl (C=O) groups excluding carboxylic acids is 1. The van der Waals surface area contributed by atoms with Crippen molar-refractivity contribution in [3.8, 4) is 10.8 Å². The third-order valence-electron chi connectivity index (χ3n) is 4.33. The lowest BCUT2D eigenvalue weighted by atomic mass is 9.97. The van der Waals surface area contributed by atoms with E-state index in [1.165, 1.54) is 23.5 Å². The Morgan fingerprint density at radius 3 is 2.92 bits per heavy atom. The number of hydrogen-bond donors (Lipinski definition) is 0. The van der Waals surface area contributed by atoms with E-state index >= 15 is 0 Å². The van der Waals surface area contributed by atoms with Gasteiger partial charge in [0.15, 0.2) is 0 Å². The maximum Gasteiger partial charge on any atom is 0.257 e. The SMILES string of the molecule is O=C(c1ccccc1F)N1CCC[C@H](c2nnc(-c3cccs3)o2)C1. The molecule has 1 fully saturated rings. The Morgan fingerprint density at radius 2 is 2.12 bits per heavy atom. The summed E-state index contributed by atoms with van der Waals surface area (Å²) in [5, 5.41) is 10.2. The van der Waals surface area contributed by atoms with Crippen LogP contribution in [0.25, 0.3) is 10.8 Å². The Kier molecular flexibility index (Phi) is 4.31. The molecular formula is C18H16FN3O2S. The van der Waals surface area contributed by atoms with Gasteiger partial charge in [-0.25, -0.2) is 4.39 Å². The zero-order valence-corrected chi connectivity index (χ0v) is 14.2. The number of aromatic nitrogens is 2. The average molecular weight is 357 g/mol. The second-order valence-corrected chi connectivity index (χ2v) is 6.94. The molecule has 0 bridgehead atoms. The Morgan fingerprint density at radius 1 is 1.24 bits per heavy atom. The molecule has 25 heavy (non-hydrogen) atoms. The first-order chi connectivity index (χ1) is 12.2. The van der Waals surface area contributed by atoms with Crippen molar-refractivity contribution in [3.05, 3.63) is 59.0 Å². The molecule has 3 aromatic rings. The molecule has 7 heteroatoms. The summed E-state index contributed by atoms with van der Waals surface area (Å²) in [6.45, 7) is 1.06. The fourth-order valence-corrected chi connectivity index (χ4v) is 3.71. The predicted molar refractivity (Wildman–Crippen MR) is 91.9 cm³/mol. The van der Waals surface area contributed by atoms with E-state index in [2.05, 4.69) is 10.2 Å². The van der Waals surface area contributed by atoms with Gasteiger partial charge in [-0.2, -0.15) is 0 Å². The van der Waals surface area contributed by atoms with Gasteiger partial charge >= 0.3 is 0 Å². The number of hydrogen-bond acceptors (Lipinski definition) is 5. The molecule has 0 radical (unpaired) electrons. The highest BCUT2D eigenvalue weighted by molar-refractivity contribution is 7.13. The maximum absolute atomic E-state index is 13.9. The molecule has 0 unspecified atom stereocenters. The van der Waals surface area contributed by atoms with Crippen molar-refractivity contribution in [2.24, 2.45) is 0 Å².